The standard InChI is InChI=1S/C26H32N4O3/c31-23(6-5-22-27-21-4-2-1-3-20(21)24(32)28-22)29-7-9-30(10-8-29)25(33)26-14-17-11-18(15-26)13-19(12-17)16-26/h1-4,17-19H,5-16H2,(H,27,28,32). The average Bonchev–Trinajstić information content (AvgIpc) is 2.81. The van der Waals surface area contributed by atoms with Gasteiger partial charge in [-0.25, -0.2) is 4.98 Å². The lowest BCUT2D eigenvalue weighted by Crippen LogP contribution is -2.58. The molecule has 7 nitrogen and oxygen atoms in total. The molecule has 0 atom stereocenters. The normalized spacial score (nSPS) is 30.7. The van der Waals surface area contributed by atoms with Gasteiger partial charge in [0, 0.05) is 39.0 Å². The number of H-pyrrole nitrogens is 1. The number of hydrogen-bond donors (Lipinski definition) is 1. The van der Waals surface area contributed by atoms with Crippen LogP contribution in [0.3, 0.4) is 0 Å². The van der Waals surface area contributed by atoms with Crippen LogP contribution in [-0.4, -0.2) is 57.8 Å². The van der Waals surface area contributed by atoms with Gasteiger partial charge in [0.25, 0.3) is 5.56 Å². The van der Waals surface area contributed by atoms with E-state index in [1.54, 1.807) is 6.07 Å². The third-order valence-corrected chi connectivity index (χ3v) is 8.65. The maximum Gasteiger partial charge on any atom is 0.258 e. The van der Waals surface area contributed by atoms with Crippen LogP contribution >= 0.6 is 0 Å². The van der Waals surface area contributed by atoms with E-state index in [2.05, 4.69) is 9.97 Å². The molecule has 1 aromatic heterocycles. The average molecular weight is 449 g/mol. The lowest BCUT2D eigenvalue weighted by Gasteiger charge is -2.57. The first kappa shape index (κ1) is 20.9. The predicted molar refractivity (Wildman–Crippen MR) is 124 cm³/mol. The monoisotopic (exact) mass is 448 g/mol. The molecule has 0 unspecified atom stereocenters. The molecule has 174 valence electrons. The Kier molecular flexibility index (Phi) is 5.03. The van der Waals surface area contributed by atoms with E-state index >= 15 is 0 Å². The second kappa shape index (κ2) is 7.96. The first-order valence-corrected chi connectivity index (χ1v) is 12.5. The van der Waals surface area contributed by atoms with E-state index in [0.717, 1.165) is 37.0 Å². The lowest BCUT2D eigenvalue weighted by molar-refractivity contribution is -0.160. The van der Waals surface area contributed by atoms with Gasteiger partial charge in [-0.3, -0.25) is 14.4 Å². The van der Waals surface area contributed by atoms with Crippen LogP contribution in [0.5, 0.6) is 0 Å². The summed E-state index contributed by atoms with van der Waals surface area (Å²) in [5.74, 6) is 3.26. The van der Waals surface area contributed by atoms with Gasteiger partial charge in [-0.2, -0.15) is 0 Å². The Hall–Kier alpha value is -2.70. The van der Waals surface area contributed by atoms with Crippen molar-refractivity contribution in [3.63, 3.8) is 0 Å². The maximum atomic E-state index is 13.6. The fourth-order valence-corrected chi connectivity index (χ4v) is 7.50. The molecule has 4 bridgehead atoms. The van der Waals surface area contributed by atoms with Crippen LogP contribution in [0.1, 0.15) is 50.8 Å². The Morgan fingerprint density at radius 3 is 2.21 bits per heavy atom. The molecule has 1 aromatic carbocycles. The minimum absolute atomic E-state index is 0.0627. The molecule has 0 spiro atoms. The molecule has 2 amide bonds. The summed E-state index contributed by atoms with van der Waals surface area (Å²) in [6, 6.07) is 7.24. The zero-order valence-corrected chi connectivity index (χ0v) is 19.1. The van der Waals surface area contributed by atoms with E-state index in [0.29, 0.717) is 61.7 Å². The number of hydrogen-bond acceptors (Lipinski definition) is 4. The van der Waals surface area contributed by atoms with Gasteiger partial charge in [0.1, 0.15) is 5.82 Å². The van der Waals surface area contributed by atoms with Crippen LogP contribution in [0, 0.1) is 23.2 Å². The van der Waals surface area contributed by atoms with Crippen molar-refractivity contribution in [3.8, 4) is 0 Å². The molecular weight excluding hydrogens is 416 g/mol. The highest BCUT2D eigenvalue weighted by Crippen LogP contribution is 2.60. The van der Waals surface area contributed by atoms with Gasteiger partial charge in [0.15, 0.2) is 0 Å². The van der Waals surface area contributed by atoms with E-state index in [1.165, 1.54) is 19.3 Å². The van der Waals surface area contributed by atoms with E-state index < -0.39 is 0 Å². The summed E-state index contributed by atoms with van der Waals surface area (Å²) in [5, 5.41) is 0.562. The van der Waals surface area contributed by atoms with Crippen LogP contribution in [-0.2, 0) is 16.0 Å². The summed E-state index contributed by atoms with van der Waals surface area (Å²) in [5.41, 5.74) is 0.384. The summed E-state index contributed by atoms with van der Waals surface area (Å²) in [7, 11) is 0. The molecule has 4 saturated carbocycles. The number of fused-ring (bicyclic) bond motifs is 1. The summed E-state index contributed by atoms with van der Waals surface area (Å²) in [6.07, 6.45) is 8.01. The van der Waals surface area contributed by atoms with Crippen molar-refractivity contribution < 1.29 is 9.59 Å². The Balaban J connectivity index is 1.05. The van der Waals surface area contributed by atoms with Crippen LogP contribution in [0.15, 0.2) is 29.1 Å². The molecule has 7 rings (SSSR count). The smallest absolute Gasteiger partial charge is 0.258 e. The Labute approximate surface area is 193 Å². The number of aryl methyl sites for hydroxylation is 1. The van der Waals surface area contributed by atoms with Gasteiger partial charge in [0.2, 0.25) is 11.8 Å². The molecule has 1 N–H and O–H groups in total. The molecule has 33 heavy (non-hydrogen) atoms. The highest BCUT2D eigenvalue weighted by Gasteiger charge is 2.55. The summed E-state index contributed by atoms with van der Waals surface area (Å²) in [6.45, 7) is 2.46. The van der Waals surface area contributed by atoms with Crippen LogP contribution in [0.2, 0.25) is 0 Å². The molecule has 1 saturated heterocycles. The molecular formula is C26H32N4O3. The molecule has 7 heteroatoms. The topological polar surface area (TPSA) is 86.4 Å². The third-order valence-electron chi connectivity index (χ3n) is 8.65. The Morgan fingerprint density at radius 1 is 0.939 bits per heavy atom. The Morgan fingerprint density at radius 2 is 1.55 bits per heavy atom. The molecule has 1 aliphatic heterocycles. The van der Waals surface area contributed by atoms with Crippen molar-refractivity contribution in [2.45, 2.75) is 51.4 Å². The lowest BCUT2D eigenvalue weighted by atomic mass is 9.49. The SMILES string of the molecule is O=C(CCc1nc2ccccc2c(=O)[nH]1)N1CCN(C(=O)C23CC4CC(CC(C4)C2)C3)CC1. The number of nitrogens with zero attached hydrogens (tertiary/aromatic N) is 3. The van der Waals surface area contributed by atoms with Gasteiger partial charge in [-0.05, 0) is 68.4 Å². The van der Waals surface area contributed by atoms with Crippen LogP contribution < -0.4 is 5.56 Å². The van der Waals surface area contributed by atoms with Crippen molar-refractivity contribution in [2.75, 3.05) is 26.2 Å². The summed E-state index contributed by atoms with van der Waals surface area (Å²) in [4.78, 5) is 49.8. The number of aromatic amines is 1. The van der Waals surface area contributed by atoms with E-state index in [1.807, 2.05) is 28.0 Å². The number of nitrogens with one attached hydrogen (secondary N) is 1. The molecule has 2 heterocycles. The third kappa shape index (κ3) is 3.75. The first-order chi connectivity index (χ1) is 16.0. The number of carbonyl (C=O) groups excluding carboxylic acids is 2. The molecule has 5 aliphatic rings. The fourth-order valence-electron chi connectivity index (χ4n) is 7.50. The van der Waals surface area contributed by atoms with Crippen molar-refractivity contribution in [1.29, 1.82) is 0 Å². The zero-order valence-electron chi connectivity index (χ0n) is 19.1. The minimum Gasteiger partial charge on any atom is -0.339 e. The van der Waals surface area contributed by atoms with E-state index in [4.69, 9.17) is 0 Å². The highest BCUT2D eigenvalue weighted by atomic mass is 16.2. The van der Waals surface area contributed by atoms with E-state index in [9.17, 15) is 14.4 Å². The van der Waals surface area contributed by atoms with Crippen LogP contribution in [0.25, 0.3) is 10.9 Å². The van der Waals surface area contributed by atoms with Crippen LogP contribution in [0.4, 0.5) is 0 Å². The summed E-state index contributed by atoms with van der Waals surface area (Å²) >= 11 is 0. The number of rotatable bonds is 4. The largest absolute Gasteiger partial charge is 0.339 e. The number of piperazine rings is 1. The molecule has 4 aliphatic carbocycles. The fraction of sp³-hybridized carbons (Fsp3) is 0.615. The van der Waals surface area contributed by atoms with Crippen molar-refractivity contribution >= 4 is 22.7 Å². The maximum absolute atomic E-state index is 13.6. The van der Waals surface area contributed by atoms with Gasteiger partial charge >= 0.3 is 0 Å². The molecule has 0 radical (unpaired) electrons. The number of aromatic nitrogens is 2. The second-order valence-corrected chi connectivity index (χ2v) is 10.9. The quantitative estimate of drug-likeness (QED) is 0.779. The number of amides is 2. The Bertz CT molecular complexity index is 1110. The summed E-state index contributed by atoms with van der Waals surface area (Å²) < 4.78 is 0. The number of carbonyl (C=O) groups is 2. The van der Waals surface area contributed by atoms with Crippen molar-refractivity contribution in [2.24, 2.45) is 23.2 Å². The number of para-hydroxylation sites is 1. The van der Waals surface area contributed by atoms with E-state index in [-0.39, 0.29) is 16.9 Å². The van der Waals surface area contributed by atoms with Gasteiger partial charge < -0.3 is 14.8 Å². The number of benzene rings is 1. The highest BCUT2D eigenvalue weighted by molar-refractivity contribution is 5.84. The van der Waals surface area contributed by atoms with Gasteiger partial charge in [-0.1, -0.05) is 12.1 Å². The van der Waals surface area contributed by atoms with Gasteiger partial charge in [0.05, 0.1) is 16.3 Å². The van der Waals surface area contributed by atoms with Gasteiger partial charge in [-0.15, -0.1) is 0 Å². The first-order valence-electron chi connectivity index (χ1n) is 12.5. The molecule has 2 aromatic rings. The zero-order chi connectivity index (χ0) is 22.6. The molecule has 5 fully saturated rings. The van der Waals surface area contributed by atoms with Crippen molar-refractivity contribution in [3.05, 3.63) is 40.4 Å². The second-order valence-electron chi connectivity index (χ2n) is 10.9. The minimum atomic E-state index is -0.167. The predicted octanol–water partition coefficient (Wildman–Crippen LogP) is 2.74. The van der Waals surface area contributed by atoms with Crippen molar-refractivity contribution in [1.82, 2.24) is 19.8 Å².